The zero-order valence-electron chi connectivity index (χ0n) is 11.9. The minimum atomic E-state index is -0.447. The molecule has 1 saturated carbocycles. The number of aryl methyl sites for hydroxylation is 1. The zero-order valence-corrected chi connectivity index (χ0v) is 11.9. The SMILES string of the molecule is Cc1ccc(OCC(O)CNC2CCC(C)C2)cc1. The fourth-order valence-electron chi connectivity index (χ4n) is 2.58. The minimum absolute atomic E-state index is 0.346. The monoisotopic (exact) mass is 263 g/mol. The van der Waals surface area contributed by atoms with Crippen molar-refractivity contribution in [2.24, 2.45) is 5.92 Å². The van der Waals surface area contributed by atoms with Crippen LogP contribution in [0, 0.1) is 12.8 Å². The lowest BCUT2D eigenvalue weighted by molar-refractivity contribution is 0.103. The smallest absolute Gasteiger partial charge is 0.119 e. The van der Waals surface area contributed by atoms with Crippen LogP contribution < -0.4 is 10.1 Å². The fraction of sp³-hybridized carbons (Fsp3) is 0.625. The van der Waals surface area contributed by atoms with Gasteiger partial charge in [-0.2, -0.15) is 0 Å². The van der Waals surface area contributed by atoms with Crippen molar-refractivity contribution in [3.63, 3.8) is 0 Å². The second-order valence-electron chi connectivity index (χ2n) is 5.80. The van der Waals surface area contributed by atoms with Crippen LogP contribution in [0.1, 0.15) is 31.7 Å². The van der Waals surface area contributed by atoms with E-state index in [9.17, 15) is 5.11 Å². The van der Waals surface area contributed by atoms with Crippen molar-refractivity contribution in [2.75, 3.05) is 13.2 Å². The highest BCUT2D eigenvalue weighted by atomic mass is 16.5. The van der Waals surface area contributed by atoms with E-state index in [1.807, 2.05) is 31.2 Å². The second kappa shape index (κ2) is 6.92. The van der Waals surface area contributed by atoms with Crippen molar-refractivity contribution < 1.29 is 9.84 Å². The maximum absolute atomic E-state index is 9.90. The Bertz CT molecular complexity index is 377. The summed E-state index contributed by atoms with van der Waals surface area (Å²) in [5, 5.41) is 13.3. The van der Waals surface area contributed by atoms with E-state index in [-0.39, 0.29) is 0 Å². The van der Waals surface area contributed by atoms with Gasteiger partial charge in [-0.25, -0.2) is 0 Å². The van der Waals surface area contributed by atoms with Gasteiger partial charge in [-0.05, 0) is 44.2 Å². The molecule has 3 atom stereocenters. The quantitative estimate of drug-likeness (QED) is 0.828. The Morgan fingerprint density at radius 1 is 1.32 bits per heavy atom. The zero-order chi connectivity index (χ0) is 13.7. The molecule has 0 bridgehead atoms. The minimum Gasteiger partial charge on any atom is -0.491 e. The number of nitrogens with one attached hydrogen (secondary N) is 1. The topological polar surface area (TPSA) is 41.5 Å². The molecule has 0 amide bonds. The highest BCUT2D eigenvalue weighted by Crippen LogP contribution is 2.24. The fourth-order valence-corrected chi connectivity index (χ4v) is 2.58. The molecule has 3 nitrogen and oxygen atoms in total. The number of hydrogen-bond donors (Lipinski definition) is 2. The number of aliphatic hydroxyl groups is 1. The van der Waals surface area contributed by atoms with Gasteiger partial charge in [-0.1, -0.05) is 24.6 Å². The van der Waals surface area contributed by atoms with Gasteiger partial charge < -0.3 is 15.2 Å². The molecular formula is C16H25NO2. The van der Waals surface area contributed by atoms with Crippen LogP contribution in [0.4, 0.5) is 0 Å². The first-order valence-corrected chi connectivity index (χ1v) is 7.24. The molecule has 0 aromatic heterocycles. The molecule has 1 aromatic rings. The summed E-state index contributed by atoms with van der Waals surface area (Å²) in [6.07, 6.45) is 3.31. The van der Waals surface area contributed by atoms with Crippen LogP contribution in [0.2, 0.25) is 0 Å². The average molecular weight is 263 g/mol. The van der Waals surface area contributed by atoms with E-state index in [2.05, 4.69) is 12.2 Å². The van der Waals surface area contributed by atoms with E-state index in [0.717, 1.165) is 11.7 Å². The van der Waals surface area contributed by atoms with E-state index >= 15 is 0 Å². The van der Waals surface area contributed by atoms with E-state index < -0.39 is 6.10 Å². The molecule has 0 aliphatic heterocycles. The summed E-state index contributed by atoms with van der Waals surface area (Å²) in [6, 6.07) is 8.48. The van der Waals surface area contributed by atoms with Crippen LogP contribution in [0.15, 0.2) is 24.3 Å². The lowest BCUT2D eigenvalue weighted by Gasteiger charge is -2.17. The first-order valence-electron chi connectivity index (χ1n) is 7.24. The largest absolute Gasteiger partial charge is 0.491 e. The Hall–Kier alpha value is -1.06. The lowest BCUT2D eigenvalue weighted by Crippen LogP contribution is -2.36. The third-order valence-corrected chi connectivity index (χ3v) is 3.80. The van der Waals surface area contributed by atoms with Crippen LogP contribution >= 0.6 is 0 Å². The van der Waals surface area contributed by atoms with Crippen LogP contribution in [-0.4, -0.2) is 30.4 Å². The summed E-state index contributed by atoms with van der Waals surface area (Å²) in [5.74, 6) is 1.64. The van der Waals surface area contributed by atoms with Gasteiger partial charge in [-0.15, -0.1) is 0 Å². The van der Waals surface area contributed by atoms with E-state index in [4.69, 9.17) is 4.74 Å². The number of ether oxygens (including phenoxy) is 1. The molecule has 0 heterocycles. The first kappa shape index (κ1) is 14.4. The molecule has 2 N–H and O–H groups in total. The second-order valence-corrected chi connectivity index (χ2v) is 5.80. The number of hydrogen-bond acceptors (Lipinski definition) is 3. The molecule has 19 heavy (non-hydrogen) atoms. The average Bonchev–Trinajstić information content (AvgIpc) is 2.81. The number of rotatable bonds is 6. The maximum atomic E-state index is 9.90. The molecule has 1 aliphatic carbocycles. The molecule has 1 aliphatic rings. The van der Waals surface area contributed by atoms with Crippen molar-refractivity contribution in [3.05, 3.63) is 29.8 Å². The van der Waals surface area contributed by atoms with Crippen molar-refractivity contribution in [2.45, 2.75) is 45.3 Å². The normalized spacial score (nSPS) is 24.4. The van der Waals surface area contributed by atoms with Crippen molar-refractivity contribution in [1.29, 1.82) is 0 Å². The molecule has 0 spiro atoms. The van der Waals surface area contributed by atoms with Gasteiger partial charge in [0.25, 0.3) is 0 Å². The first-order chi connectivity index (χ1) is 9.13. The van der Waals surface area contributed by atoms with Crippen molar-refractivity contribution in [3.8, 4) is 5.75 Å². The van der Waals surface area contributed by atoms with Crippen molar-refractivity contribution in [1.82, 2.24) is 5.32 Å². The molecule has 3 unspecified atom stereocenters. The Balaban J connectivity index is 1.64. The Kier molecular flexibility index (Phi) is 5.23. The molecule has 1 aromatic carbocycles. The van der Waals surface area contributed by atoms with Crippen molar-refractivity contribution >= 4 is 0 Å². The van der Waals surface area contributed by atoms with Gasteiger partial charge in [-0.3, -0.25) is 0 Å². The van der Waals surface area contributed by atoms with E-state index in [1.165, 1.54) is 24.8 Å². The molecule has 1 fully saturated rings. The number of benzene rings is 1. The highest BCUT2D eigenvalue weighted by molar-refractivity contribution is 5.26. The van der Waals surface area contributed by atoms with Gasteiger partial charge in [0.05, 0.1) is 0 Å². The summed E-state index contributed by atoms with van der Waals surface area (Å²) in [5.41, 5.74) is 1.21. The third kappa shape index (κ3) is 4.84. The van der Waals surface area contributed by atoms with Crippen LogP contribution in [-0.2, 0) is 0 Å². The summed E-state index contributed by atoms with van der Waals surface area (Å²) < 4.78 is 5.57. The summed E-state index contributed by atoms with van der Waals surface area (Å²) >= 11 is 0. The van der Waals surface area contributed by atoms with E-state index in [1.54, 1.807) is 0 Å². The Morgan fingerprint density at radius 3 is 2.68 bits per heavy atom. The van der Waals surface area contributed by atoms with Crippen LogP contribution in [0.3, 0.4) is 0 Å². The highest BCUT2D eigenvalue weighted by Gasteiger charge is 2.21. The summed E-state index contributed by atoms with van der Waals surface area (Å²) in [6.45, 7) is 5.30. The van der Waals surface area contributed by atoms with E-state index in [0.29, 0.717) is 19.2 Å². The predicted octanol–water partition coefficient (Wildman–Crippen LogP) is 2.51. The maximum Gasteiger partial charge on any atom is 0.119 e. The standard InChI is InChI=1S/C16H25NO2/c1-12-4-7-16(8-5-12)19-11-15(18)10-17-14-6-3-13(2)9-14/h4-5,7-8,13-15,17-18H,3,6,9-11H2,1-2H3. The molecular weight excluding hydrogens is 238 g/mol. The molecule has 0 saturated heterocycles. The van der Waals surface area contributed by atoms with Gasteiger partial charge in [0, 0.05) is 12.6 Å². The van der Waals surface area contributed by atoms with Crippen LogP contribution in [0.5, 0.6) is 5.75 Å². The number of aliphatic hydroxyl groups excluding tert-OH is 1. The molecule has 2 rings (SSSR count). The summed E-state index contributed by atoms with van der Waals surface area (Å²) in [7, 11) is 0. The van der Waals surface area contributed by atoms with Gasteiger partial charge >= 0.3 is 0 Å². The molecule has 3 heteroatoms. The predicted molar refractivity (Wildman–Crippen MR) is 77.5 cm³/mol. The Labute approximate surface area is 116 Å². The Morgan fingerprint density at radius 2 is 2.05 bits per heavy atom. The van der Waals surface area contributed by atoms with Gasteiger partial charge in [0.1, 0.15) is 18.5 Å². The van der Waals surface area contributed by atoms with Gasteiger partial charge in [0.2, 0.25) is 0 Å². The lowest BCUT2D eigenvalue weighted by atomic mass is 10.1. The summed E-state index contributed by atoms with van der Waals surface area (Å²) in [4.78, 5) is 0. The van der Waals surface area contributed by atoms with Gasteiger partial charge in [0.15, 0.2) is 0 Å². The molecule has 106 valence electrons. The molecule has 0 radical (unpaired) electrons. The van der Waals surface area contributed by atoms with Crippen LogP contribution in [0.25, 0.3) is 0 Å². The third-order valence-electron chi connectivity index (χ3n) is 3.80.